The molecule has 0 spiro atoms. The Labute approximate surface area is 170 Å². The lowest BCUT2D eigenvalue weighted by atomic mass is 9.77. The van der Waals surface area contributed by atoms with E-state index in [1.807, 2.05) is 42.5 Å². The summed E-state index contributed by atoms with van der Waals surface area (Å²) in [5, 5.41) is 16.9. The van der Waals surface area contributed by atoms with Gasteiger partial charge in [-0.1, -0.05) is 92.3 Å². The minimum atomic E-state index is -0.103. The molecule has 0 unspecified atom stereocenters. The van der Waals surface area contributed by atoms with E-state index in [9.17, 15) is 0 Å². The smallest absolute Gasteiger partial charge is 0.0624 e. The highest BCUT2D eigenvalue weighted by Gasteiger charge is 2.34. The van der Waals surface area contributed by atoms with Crippen molar-refractivity contribution in [2.45, 2.75) is 29.1 Å². The van der Waals surface area contributed by atoms with Gasteiger partial charge in [-0.3, -0.25) is 0 Å². The fraction of sp³-hybridized carbons (Fsp3) is 0.120. The zero-order valence-electron chi connectivity index (χ0n) is 16.0. The van der Waals surface area contributed by atoms with Gasteiger partial charge in [0.05, 0.1) is 11.4 Å². The molecule has 0 saturated heterocycles. The average Bonchev–Trinajstić information content (AvgIpc) is 2.72. The maximum absolute atomic E-state index is 8.64. The Morgan fingerprint density at radius 3 is 2.18 bits per heavy atom. The summed E-state index contributed by atoms with van der Waals surface area (Å²) in [7, 11) is 0. The number of hydrogen-bond acceptors (Lipinski definition) is 3. The second kappa shape index (κ2) is 7.25. The molecule has 0 atom stereocenters. The van der Waals surface area contributed by atoms with Gasteiger partial charge in [-0.05, 0) is 34.9 Å². The molecule has 28 heavy (non-hydrogen) atoms. The van der Waals surface area contributed by atoms with E-state index in [2.05, 4.69) is 44.2 Å². The first-order valence-electron chi connectivity index (χ1n) is 9.30. The van der Waals surface area contributed by atoms with Crippen molar-refractivity contribution in [3.8, 4) is 0 Å². The Morgan fingerprint density at radius 2 is 1.39 bits per heavy atom. The summed E-state index contributed by atoms with van der Waals surface area (Å²) in [6, 6.07) is 24.4. The van der Waals surface area contributed by atoms with Gasteiger partial charge in [0.1, 0.15) is 0 Å². The highest BCUT2D eigenvalue weighted by atomic mass is 32.2. The van der Waals surface area contributed by atoms with Gasteiger partial charge < -0.3 is 10.8 Å². The van der Waals surface area contributed by atoms with Crippen LogP contribution in [0.1, 0.15) is 36.1 Å². The van der Waals surface area contributed by atoms with Crippen LogP contribution in [-0.2, 0) is 5.41 Å². The van der Waals surface area contributed by atoms with E-state index >= 15 is 0 Å². The molecule has 4 rings (SSSR count). The SMILES string of the molecule is CC1(C)c2ccccc2Sc2c(C(=N)/C=C\C(=N)c3ccccc3)cccc21. The molecule has 3 heteroatoms. The van der Waals surface area contributed by atoms with Crippen LogP contribution in [0.15, 0.2) is 94.7 Å². The summed E-state index contributed by atoms with van der Waals surface area (Å²) >= 11 is 1.74. The van der Waals surface area contributed by atoms with Gasteiger partial charge in [0.25, 0.3) is 0 Å². The normalized spacial score (nSPS) is 14.4. The summed E-state index contributed by atoms with van der Waals surface area (Å²) < 4.78 is 0. The molecule has 1 heterocycles. The highest BCUT2D eigenvalue weighted by molar-refractivity contribution is 7.99. The second-order valence-corrected chi connectivity index (χ2v) is 8.48. The van der Waals surface area contributed by atoms with Crippen LogP contribution in [0.4, 0.5) is 0 Å². The maximum atomic E-state index is 8.64. The van der Waals surface area contributed by atoms with E-state index < -0.39 is 0 Å². The van der Waals surface area contributed by atoms with Gasteiger partial charge in [-0.15, -0.1) is 0 Å². The van der Waals surface area contributed by atoms with E-state index in [1.165, 1.54) is 16.0 Å². The van der Waals surface area contributed by atoms with Crippen molar-refractivity contribution in [1.82, 2.24) is 0 Å². The predicted molar refractivity (Wildman–Crippen MR) is 118 cm³/mol. The molecule has 0 fully saturated rings. The molecule has 0 bridgehead atoms. The van der Waals surface area contributed by atoms with Crippen molar-refractivity contribution in [2.24, 2.45) is 0 Å². The van der Waals surface area contributed by atoms with Crippen molar-refractivity contribution in [3.63, 3.8) is 0 Å². The number of benzene rings is 3. The molecule has 0 aliphatic carbocycles. The first-order valence-corrected chi connectivity index (χ1v) is 10.1. The van der Waals surface area contributed by atoms with Crippen LogP contribution >= 0.6 is 11.8 Å². The molecule has 0 amide bonds. The fourth-order valence-corrected chi connectivity index (χ4v) is 5.17. The van der Waals surface area contributed by atoms with Gasteiger partial charge in [0, 0.05) is 20.8 Å². The molecule has 0 saturated carbocycles. The third kappa shape index (κ3) is 3.23. The van der Waals surface area contributed by atoms with Crippen molar-refractivity contribution < 1.29 is 0 Å². The lowest BCUT2D eigenvalue weighted by molar-refractivity contribution is 0.607. The fourth-order valence-electron chi connectivity index (χ4n) is 3.65. The summed E-state index contributed by atoms with van der Waals surface area (Å²) in [4.78, 5) is 2.40. The molecular weight excluding hydrogens is 360 g/mol. The molecule has 138 valence electrons. The van der Waals surface area contributed by atoms with Crippen LogP contribution in [0.3, 0.4) is 0 Å². The summed E-state index contributed by atoms with van der Waals surface area (Å²) in [6.07, 6.45) is 3.45. The van der Waals surface area contributed by atoms with Gasteiger partial charge >= 0.3 is 0 Å². The lowest BCUT2D eigenvalue weighted by Crippen LogP contribution is -2.24. The third-order valence-corrected chi connectivity index (χ3v) is 6.47. The minimum Gasteiger partial charge on any atom is -0.300 e. The molecule has 3 aromatic carbocycles. The first-order chi connectivity index (χ1) is 13.5. The van der Waals surface area contributed by atoms with Crippen molar-refractivity contribution in [1.29, 1.82) is 10.8 Å². The standard InChI is InChI=1S/C25H22N2S/c1-25(2)19-12-6-7-14-23(19)28-24-18(11-8-13-20(24)25)22(27)16-15-21(26)17-9-4-3-5-10-17/h3-16,26-27H,1-2H3/b16-15-,26-21?,27-22?. The largest absolute Gasteiger partial charge is 0.300 e. The second-order valence-electron chi connectivity index (χ2n) is 7.43. The number of fused-ring (bicyclic) bond motifs is 2. The van der Waals surface area contributed by atoms with Crippen LogP contribution in [0, 0.1) is 10.8 Å². The van der Waals surface area contributed by atoms with Gasteiger partial charge in [0.2, 0.25) is 0 Å². The highest BCUT2D eigenvalue weighted by Crippen LogP contribution is 2.50. The average molecular weight is 383 g/mol. The van der Waals surface area contributed by atoms with Crippen molar-refractivity contribution in [2.75, 3.05) is 0 Å². The zero-order valence-corrected chi connectivity index (χ0v) is 16.8. The first kappa shape index (κ1) is 18.5. The molecule has 1 aliphatic rings. The Bertz CT molecular complexity index is 1090. The van der Waals surface area contributed by atoms with Crippen LogP contribution < -0.4 is 0 Å². The Morgan fingerprint density at radius 1 is 0.750 bits per heavy atom. The number of nitrogens with one attached hydrogen (secondary N) is 2. The summed E-state index contributed by atoms with van der Waals surface area (Å²) in [6.45, 7) is 4.50. The van der Waals surface area contributed by atoms with Crippen molar-refractivity contribution in [3.05, 3.63) is 107 Å². The Hall–Kier alpha value is -2.91. The van der Waals surface area contributed by atoms with Gasteiger partial charge in [-0.25, -0.2) is 0 Å². The third-order valence-electron chi connectivity index (χ3n) is 5.25. The summed E-state index contributed by atoms with van der Waals surface area (Å²) in [5.41, 5.74) is 5.10. The topological polar surface area (TPSA) is 47.7 Å². The molecule has 2 nitrogen and oxygen atoms in total. The quantitative estimate of drug-likeness (QED) is 0.499. The number of hydrogen-bond donors (Lipinski definition) is 2. The molecule has 0 aromatic heterocycles. The monoisotopic (exact) mass is 382 g/mol. The van der Waals surface area contributed by atoms with Crippen molar-refractivity contribution >= 4 is 23.2 Å². The predicted octanol–water partition coefficient (Wildman–Crippen LogP) is 6.47. The van der Waals surface area contributed by atoms with E-state index in [0.29, 0.717) is 11.4 Å². The minimum absolute atomic E-state index is 0.103. The lowest BCUT2D eigenvalue weighted by Gasteiger charge is -2.35. The Kier molecular flexibility index (Phi) is 4.78. The van der Waals surface area contributed by atoms with Crippen LogP contribution in [-0.4, -0.2) is 11.4 Å². The summed E-state index contributed by atoms with van der Waals surface area (Å²) in [5.74, 6) is 0. The molecular formula is C25H22N2S. The van der Waals surface area contributed by atoms with Crippen LogP contribution in [0.2, 0.25) is 0 Å². The molecule has 0 radical (unpaired) electrons. The molecule has 1 aliphatic heterocycles. The van der Waals surface area contributed by atoms with Gasteiger partial charge in [-0.2, -0.15) is 0 Å². The van der Waals surface area contributed by atoms with E-state index in [4.69, 9.17) is 10.8 Å². The van der Waals surface area contributed by atoms with Gasteiger partial charge in [0.15, 0.2) is 0 Å². The van der Waals surface area contributed by atoms with E-state index in [0.717, 1.165) is 16.0 Å². The Balaban J connectivity index is 1.69. The molecule has 3 aromatic rings. The number of rotatable bonds is 4. The van der Waals surface area contributed by atoms with Crippen LogP contribution in [0.25, 0.3) is 0 Å². The van der Waals surface area contributed by atoms with E-state index in [1.54, 1.807) is 23.9 Å². The van der Waals surface area contributed by atoms with Crippen LogP contribution in [0.5, 0.6) is 0 Å². The maximum Gasteiger partial charge on any atom is 0.0624 e. The number of allylic oxidation sites excluding steroid dienone is 2. The zero-order chi connectivity index (χ0) is 19.7. The van der Waals surface area contributed by atoms with E-state index in [-0.39, 0.29) is 5.41 Å². The molecule has 2 N–H and O–H groups in total.